The highest BCUT2D eigenvalue weighted by Gasteiger charge is 2.30. The summed E-state index contributed by atoms with van der Waals surface area (Å²) in [6, 6.07) is 14.4. The van der Waals surface area contributed by atoms with Crippen LogP contribution in [0.2, 0.25) is 0 Å². The first-order valence-corrected chi connectivity index (χ1v) is 9.90. The van der Waals surface area contributed by atoms with Gasteiger partial charge < -0.3 is 5.32 Å². The average Bonchev–Trinajstić information content (AvgIpc) is 2.90. The lowest BCUT2D eigenvalue weighted by Crippen LogP contribution is -2.25. The van der Waals surface area contributed by atoms with Crippen molar-refractivity contribution in [2.45, 2.75) is 22.3 Å². The molecule has 130 valence electrons. The van der Waals surface area contributed by atoms with Gasteiger partial charge in [0.05, 0.1) is 10.9 Å². The summed E-state index contributed by atoms with van der Waals surface area (Å²) in [5.74, 6) is -2.52. The van der Waals surface area contributed by atoms with Crippen molar-refractivity contribution in [1.82, 2.24) is 5.32 Å². The minimum absolute atomic E-state index is 0.0726. The van der Waals surface area contributed by atoms with Crippen molar-refractivity contribution in [3.05, 3.63) is 58.6 Å². The number of nitrogens with one attached hydrogen (secondary N) is 1. The third kappa shape index (κ3) is 5.29. The normalized spacial score (nSPS) is 18.8. The van der Waals surface area contributed by atoms with Crippen molar-refractivity contribution >= 4 is 56.2 Å². The molecule has 1 heterocycles. The molecule has 8 heteroatoms. The number of aliphatic imine (C=N–C) groups is 1. The molecule has 1 saturated heterocycles. The van der Waals surface area contributed by atoms with E-state index in [0.717, 1.165) is 10.0 Å². The number of thioether (sulfide) groups is 2. The standard InChI is InChI=1S/C17H13BrF2N2OS2/c18-11-3-1-10(2-4-11)9-14-15(23)22-17(25-14)21-12-5-7-13(8-6-12)24-16(19)20/h1-8,14,16H,9H2,(H,21,22,23)/t14-/m1/s1. The first kappa shape index (κ1) is 18.4. The van der Waals surface area contributed by atoms with Crippen LogP contribution in [0, 0.1) is 0 Å². The van der Waals surface area contributed by atoms with E-state index < -0.39 is 5.76 Å². The second-order valence-corrected chi connectivity index (χ2v) is 8.39. The maximum Gasteiger partial charge on any atom is 0.288 e. The molecule has 0 unspecified atom stereocenters. The summed E-state index contributed by atoms with van der Waals surface area (Å²) in [6.07, 6.45) is 0.618. The average molecular weight is 443 g/mol. The zero-order chi connectivity index (χ0) is 17.8. The lowest BCUT2D eigenvalue weighted by atomic mass is 10.1. The zero-order valence-corrected chi connectivity index (χ0v) is 16.0. The van der Waals surface area contributed by atoms with Crippen LogP contribution in [0.25, 0.3) is 0 Å². The molecule has 0 bridgehead atoms. The zero-order valence-electron chi connectivity index (χ0n) is 12.8. The summed E-state index contributed by atoms with van der Waals surface area (Å²) in [6.45, 7) is 0. The number of benzene rings is 2. The van der Waals surface area contributed by atoms with E-state index in [1.807, 2.05) is 24.3 Å². The largest absolute Gasteiger partial charge is 0.304 e. The van der Waals surface area contributed by atoms with Crippen molar-refractivity contribution < 1.29 is 13.6 Å². The predicted octanol–water partition coefficient (Wildman–Crippen LogP) is 5.23. The van der Waals surface area contributed by atoms with Crippen LogP contribution in [-0.4, -0.2) is 22.1 Å². The molecular formula is C17H13BrF2N2OS2. The Balaban J connectivity index is 1.65. The third-order valence-electron chi connectivity index (χ3n) is 3.40. The summed E-state index contributed by atoms with van der Waals surface area (Å²) in [7, 11) is 0. The molecule has 0 spiro atoms. The van der Waals surface area contributed by atoms with Crippen LogP contribution >= 0.6 is 39.5 Å². The van der Waals surface area contributed by atoms with Crippen molar-refractivity contribution in [3.8, 4) is 0 Å². The summed E-state index contributed by atoms with van der Waals surface area (Å²) < 4.78 is 25.6. The second-order valence-electron chi connectivity index (χ2n) is 5.22. The van der Waals surface area contributed by atoms with E-state index in [4.69, 9.17) is 0 Å². The number of alkyl halides is 2. The molecule has 2 aromatic rings. The topological polar surface area (TPSA) is 41.5 Å². The monoisotopic (exact) mass is 442 g/mol. The number of amidine groups is 1. The van der Waals surface area contributed by atoms with Gasteiger partial charge in [-0.3, -0.25) is 4.79 Å². The van der Waals surface area contributed by atoms with E-state index in [0.29, 0.717) is 33.9 Å². The minimum atomic E-state index is -2.44. The van der Waals surface area contributed by atoms with Crippen molar-refractivity contribution in [1.29, 1.82) is 0 Å². The van der Waals surface area contributed by atoms with Gasteiger partial charge in [0, 0.05) is 9.37 Å². The molecule has 1 amide bonds. The van der Waals surface area contributed by atoms with Crippen LogP contribution in [0.1, 0.15) is 5.56 Å². The van der Waals surface area contributed by atoms with E-state index >= 15 is 0 Å². The third-order valence-corrected chi connectivity index (χ3v) is 5.74. The Kier molecular flexibility index (Phi) is 6.14. The van der Waals surface area contributed by atoms with E-state index in [1.165, 1.54) is 11.8 Å². The molecule has 0 radical (unpaired) electrons. The van der Waals surface area contributed by atoms with Gasteiger partial charge in [0.15, 0.2) is 5.17 Å². The van der Waals surface area contributed by atoms with E-state index in [2.05, 4.69) is 26.2 Å². The Labute approximate surface area is 160 Å². The molecular weight excluding hydrogens is 430 g/mol. The van der Waals surface area contributed by atoms with Gasteiger partial charge in [0.1, 0.15) is 0 Å². The second kappa shape index (κ2) is 8.33. The molecule has 0 saturated carbocycles. The fourth-order valence-electron chi connectivity index (χ4n) is 2.25. The highest BCUT2D eigenvalue weighted by Crippen LogP contribution is 2.29. The highest BCUT2D eigenvalue weighted by atomic mass is 79.9. The number of rotatable bonds is 5. The van der Waals surface area contributed by atoms with Crippen LogP contribution < -0.4 is 5.32 Å². The van der Waals surface area contributed by atoms with Crippen LogP contribution in [0.15, 0.2) is 62.9 Å². The van der Waals surface area contributed by atoms with Crippen LogP contribution in [-0.2, 0) is 11.2 Å². The molecule has 25 heavy (non-hydrogen) atoms. The maximum absolute atomic E-state index is 12.3. The summed E-state index contributed by atoms with van der Waals surface area (Å²) >= 11 is 5.26. The molecule has 3 nitrogen and oxygen atoms in total. The van der Waals surface area contributed by atoms with Gasteiger partial charge in [-0.1, -0.05) is 51.6 Å². The lowest BCUT2D eigenvalue weighted by Gasteiger charge is -2.05. The molecule has 0 aromatic heterocycles. The van der Waals surface area contributed by atoms with Crippen molar-refractivity contribution in [3.63, 3.8) is 0 Å². The number of amides is 1. The Hall–Kier alpha value is -1.38. The van der Waals surface area contributed by atoms with E-state index in [-0.39, 0.29) is 11.2 Å². The van der Waals surface area contributed by atoms with Gasteiger partial charge in [-0.05, 0) is 48.4 Å². The predicted molar refractivity (Wildman–Crippen MR) is 103 cm³/mol. The quantitative estimate of drug-likeness (QED) is 0.644. The minimum Gasteiger partial charge on any atom is -0.304 e. The van der Waals surface area contributed by atoms with Gasteiger partial charge in [-0.15, -0.1) is 0 Å². The smallest absolute Gasteiger partial charge is 0.288 e. The molecule has 0 aliphatic carbocycles. The number of carbonyl (C=O) groups is 1. The maximum atomic E-state index is 12.3. The number of hydrogen-bond acceptors (Lipinski definition) is 4. The Morgan fingerprint density at radius 2 is 1.84 bits per heavy atom. The van der Waals surface area contributed by atoms with Crippen LogP contribution in [0.3, 0.4) is 0 Å². The fourth-order valence-corrected chi connectivity index (χ4v) is 4.04. The van der Waals surface area contributed by atoms with Gasteiger partial charge in [-0.25, -0.2) is 4.99 Å². The summed E-state index contributed by atoms with van der Waals surface area (Å²) in [4.78, 5) is 17.0. The highest BCUT2D eigenvalue weighted by molar-refractivity contribution is 9.10. The molecule has 1 atom stereocenters. The summed E-state index contributed by atoms with van der Waals surface area (Å²) in [5.41, 5.74) is 1.69. The molecule has 1 aliphatic rings. The van der Waals surface area contributed by atoms with Crippen molar-refractivity contribution in [2.24, 2.45) is 4.99 Å². The summed E-state index contributed by atoms with van der Waals surface area (Å²) in [5, 5.41) is 3.07. The number of carbonyl (C=O) groups excluding carboxylic acids is 1. The number of hydrogen-bond donors (Lipinski definition) is 1. The molecule has 1 fully saturated rings. The van der Waals surface area contributed by atoms with E-state index in [9.17, 15) is 13.6 Å². The molecule has 1 N–H and O–H groups in total. The van der Waals surface area contributed by atoms with Crippen LogP contribution in [0.5, 0.6) is 0 Å². The number of halogens is 3. The van der Waals surface area contributed by atoms with Gasteiger partial charge in [0.2, 0.25) is 5.91 Å². The molecule has 1 aliphatic heterocycles. The lowest BCUT2D eigenvalue weighted by molar-refractivity contribution is -0.118. The Morgan fingerprint density at radius 1 is 1.16 bits per heavy atom. The first-order valence-electron chi connectivity index (χ1n) is 7.35. The molecule has 3 rings (SSSR count). The van der Waals surface area contributed by atoms with Crippen molar-refractivity contribution in [2.75, 3.05) is 0 Å². The van der Waals surface area contributed by atoms with Gasteiger partial charge in [-0.2, -0.15) is 8.78 Å². The molecule has 2 aromatic carbocycles. The first-order chi connectivity index (χ1) is 12.0. The van der Waals surface area contributed by atoms with E-state index in [1.54, 1.807) is 24.3 Å². The Bertz CT molecular complexity index is 782. The van der Waals surface area contributed by atoms with Gasteiger partial charge in [0.25, 0.3) is 5.76 Å². The van der Waals surface area contributed by atoms with Gasteiger partial charge >= 0.3 is 0 Å². The number of nitrogens with zero attached hydrogens (tertiary/aromatic N) is 1. The Morgan fingerprint density at radius 3 is 2.48 bits per heavy atom. The SMILES string of the molecule is O=C1NC(=Nc2ccc(SC(F)F)cc2)S[C@@H]1Cc1ccc(Br)cc1. The fraction of sp³-hybridized carbons (Fsp3) is 0.176. The van der Waals surface area contributed by atoms with Crippen LogP contribution in [0.4, 0.5) is 14.5 Å².